The summed E-state index contributed by atoms with van der Waals surface area (Å²) in [5.41, 5.74) is -0.0711. The lowest BCUT2D eigenvalue weighted by atomic mass is 10.2. The Hall–Kier alpha value is -1.69. The third-order valence-corrected chi connectivity index (χ3v) is 4.55. The van der Waals surface area contributed by atoms with E-state index in [9.17, 15) is 9.59 Å². The molecule has 0 saturated carbocycles. The maximum absolute atomic E-state index is 12.6. The molecular weight excluding hydrogens is 264 g/mol. The van der Waals surface area contributed by atoms with Gasteiger partial charge < -0.3 is 9.72 Å². The number of fused-ring (bicyclic) bond motifs is 1. The minimum Gasteiger partial charge on any atom is -0.496 e. The van der Waals surface area contributed by atoms with Gasteiger partial charge in [0, 0.05) is 5.75 Å². The summed E-state index contributed by atoms with van der Waals surface area (Å²) in [6, 6.07) is 5.19. The number of aromatic amines is 1. The number of aromatic nitrogens is 2. The standard InChI is InChI=1S/C13H14N2O3S/c1-18-10-4-2-3-9-11(10)12(16)15(13(17)14-9)8-5-6-19-7-8/h2-4,8H,5-7H2,1H3,(H,14,17). The SMILES string of the molecule is COc1cccc2[nH]c(=O)n(C3CCSC3)c(=O)c12. The highest BCUT2D eigenvalue weighted by atomic mass is 32.2. The van der Waals surface area contributed by atoms with Gasteiger partial charge in [0.2, 0.25) is 0 Å². The fraction of sp³-hybridized carbons (Fsp3) is 0.385. The molecule has 2 aromatic rings. The van der Waals surface area contributed by atoms with E-state index >= 15 is 0 Å². The Morgan fingerprint density at radius 3 is 2.95 bits per heavy atom. The van der Waals surface area contributed by atoms with Crippen molar-refractivity contribution in [2.75, 3.05) is 18.6 Å². The monoisotopic (exact) mass is 278 g/mol. The minimum atomic E-state index is -0.335. The molecule has 1 fully saturated rings. The average Bonchev–Trinajstić information content (AvgIpc) is 2.91. The molecular formula is C13H14N2O3S. The van der Waals surface area contributed by atoms with Crippen molar-refractivity contribution in [1.29, 1.82) is 0 Å². The number of methoxy groups -OCH3 is 1. The molecule has 0 spiro atoms. The molecule has 2 heterocycles. The lowest BCUT2D eigenvalue weighted by Crippen LogP contribution is -2.38. The van der Waals surface area contributed by atoms with Crippen LogP contribution in [-0.2, 0) is 0 Å². The van der Waals surface area contributed by atoms with Gasteiger partial charge in [-0.3, -0.25) is 9.36 Å². The summed E-state index contributed by atoms with van der Waals surface area (Å²) in [6.07, 6.45) is 0.855. The van der Waals surface area contributed by atoms with Crippen LogP contribution < -0.4 is 16.0 Å². The molecule has 100 valence electrons. The number of hydrogen-bond donors (Lipinski definition) is 1. The van der Waals surface area contributed by atoms with Crippen LogP contribution >= 0.6 is 11.8 Å². The van der Waals surface area contributed by atoms with Crippen LogP contribution in [0.15, 0.2) is 27.8 Å². The molecule has 1 atom stereocenters. The van der Waals surface area contributed by atoms with Gasteiger partial charge in [-0.1, -0.05) is 6.07 Å². The van der Waals surface area contributed by atoms with Gasteiger partial charge in [0.1, 0.15) is 11.1 Å². The zero-order chi connectivity index (χ0) is 13.4. The van der Waals surface area contributed by atoms with E-state index in [0.717, 1.165) is 17.9 Å². The first kappa shape index (κ1) is 12.3. The van der Waals surface area contributed by atoms with E-state index in [1.165, 1.54) is 11.7 Å². The highest BCUT2D eigenvalue weighted by molar-refractivity contribution is 7.99. The maximum atomic E-state index is 12.6. The largest absolute Gasteiger partial charge is 0.496 e. The Balaban J connectivity index is 2.34. The van der Waals surface area contributed by atoms with Crippen LogP contribution in [0.4, 0.5) is 0 Å². The smallest absolute Gasteiger partial charge is 0.329 e. The number of nitrogens with one attached hydrogen (secondary N) is 1. The van der Waals surface area contributed by atoms with Crippen molar-refractivity contribution in [2.45, 2.75) is 12.5 Å². The van der Waals surface area contributed by atoms with Crippen LogP contribution in [0.5, 0.6) is 5.75 Å². The molecule has 0 aliphatic carbocycles. The van der Waals surface area contributed by atoms with E-state index in [-0.39, 0.29) is 17.3 Å². The van der Waals surface area contributed by atoms with Gasteiger partial charge in [0.05, 0.1) is 18.7 Å². The molecule has 1 saturated heterocycles. The van der Waals surface area contributed by atoms with Crippen molar-refractivity contribution in [2.24, 2.45) is 0 Å². The zero-order valence-electron chi connectivity index (χ0n) is 10.5. The van der Waals surface area contributed by atoms with E-state index < -0.39 is 0 Å². The number of rotatable bonds is 2. The third-order valence-electron chi connectivity index (χ3n) is 3.41. The second-order valence-corrected chi connectivity index (χ2v) is 5.66. The molecule has 1 aliphatic rings. The van der Waals surface area contributed by atoms with Crippen LogP contribution in [0.25, 0.3) is 10.9 Å². The lowest BCUT2D eigenvalue weighted by Gasteiger charge is -2.13. The van der Waals surface area contributed by atoms with E-state index in [1.54, 1.807) is 30.0 Å². The Kier molecular flexibility index (Phi) is 3.10. The predicted octanol–water partition coefficient (Wildman–Crippen LogP) is 1.38. The predicted molar refractivity (Wildman–Crippen MR) is 76.4 cm³/mol. The van der Waals surface area contributed by atoms with Crippen molar-refractivity contribution >= 4 is 22.7 Å². The molecule has 1 aliphatic heterocycles. The number of ether oxygens (including phenoxy) is 1. The lowest BCUT2D eigenvalue weighted by molar-refractivity contribution is 0.418. The highest BCUT2D eigenvalue weighted by Crippen LogP contribution is 2.26. The van der Waals surface area contributed by atoms with E-state index in [4.69, 9.17) is 4.74 Å². The second kappa shape index (κ2) is 4.77. The second-order valence-electron chi connectivity index (χ2n) is 4.51. The fourth-order valence-electron chi connectivity index (χ4n) is 2.47. The van der Waals surface area contributed by atoms with Crippen molar-refractivity contribution < 1.29 is 4.74 Å². The van der Waals surface area contributed by atoms with Gasteiger partial charge >= 0.3 is 5.69 Å². The van der Waals surface area contributed by atoms with Crippen molar-refractivity contribution in [3.05, 3.63) is 39.0 Å². The number of benzene rings is 1. The van der Waals surface area contributed by atoms with Crippen molar-refractivity contribution in [3.8, 4) is 5.75 Å². The summed E-state index contributed by atoms with van der Waals surface area (Å²) < 4.78 is 6.56. The minimum absolute atomic E-state index is 0.0180. The Morgan fingerprint density at radius 1 is 1.42 bits per heavy atom. The topological polar surface area (TPSA) is 64.1 Å². The molecule has 1 unspecified atom stereocenters. The molecule has 1 aromatic carbocycles. The Labute approximate surface area is 113 Å². The van der Waals surface area contributed by atoms with E-state index in [0.29, 0.717) is 16.7 Å². The maximum Gasteiger partial charge on any atom is 0.329 e. The molecule has 0 amide bonds. The van der Waals surface area contributed by atoms with Gasteiger partial charge in [-0.2, -0.15) is 11.8 Å². The summed E-state index contributed by atoms with van der Waals surface area (Å²) in [4.78, 5) is 27.4. The number of thioether (sulfide) groups is 1. The Morgan fingerprint density at radius 2 is 2.26 bits per heavy atom. The molecule has 5 nitrogen and oxygen atoms in total. The first-order chi connectivity index (χ1) is 9.22. The van der Waals surface area contributed by atoms with Gasteiger partial charge in [-0.25, -0.2) is 4.79 Å². The van der Waals surface area contributed by atoms with Gasteiger partial charge in [-0.15, -0.1) is 0 Å². The van der Waals surface area contributed by atoms with Crippen LogP contribution in [-0.4, -0.2) is 28.2 Å². The summed E-state index contributed by atoms with van der Waals surface area (Å²) in [5.74, 6) is 2.29. The summed E-state index contributed by atoms with van der Waals surface area (Å²) >= 11 is 1.77. The molecule has 1 aromatic heterocycles. The molecule has 3 rings (SSSR count). The fourth-order valence-corrected chi connectivity index (χ4v) is 3.66. The number of H-pyrrole nitrogens is 1. The number of nitrogens with zero attached hydrogens (tertiary/aromatic N) is 1. The third kappa shape index (κ3) is 1.96. The highest BCUT2D eigenvalue weighted by Gasteiger charge is 2.22. The van der Waals surface area contributed by atoms with E-state index in [1.807, 2.05) is 0 Å². The molecule has 1 N–H and O–H groups in total. The van der Waals surface area contributed by atoms with Crippen LogP contribution in [0.2, 0.25) is 0 Å². The summed E-state index contributed by atoms with van der Waals surface area (Å²) in [6.45, 7) is 0. The first-order valence-corrected chi connectivity index (χ1v) is 7.27. The van der Waals surface area contributed by atoms with Crippen LogP contribution in [0, 0.1) is 0 Å². The van der Waals surface area contributed by atoms with Crippen molar-refractivity contribution in [1.82, 2.24) is 9.55 Å². The summed E-state index contributed by atoms with van der Waals surface area (Å²) in [7, 11) is 1.52. The quantitative estimate of drug-likeness (QED) is 0.901. The zero-order valence-corrected chi connectivity index (χ0v) is 11.3. The van der Waals surface area contributed by atoms with Crippen LogP contribution in [0.1, 0.15) is 12.5 Å². The van der Waals surface area contributed by atoms with Crippen molar-refractivity contribution in [3.63, 3.8) is 0 Å². The van der Waals surface area contributed by atoms with Crippen LogP contribution in [0.3, 0.4) is 0 Å². The molecule has 0 radical (unpaired) electrons. The normalized spacial score (nSPS) is 18.9. The van der Waals surface area contributed by atoms with Gasteiger partial charge in [-0.05, 0) is 24.3 Å². The average molecular weight is 278 g/mol. The summed E-state index contributed by atoms with van der Waals surface area (Å²) in [5, 5.41) is 0.446. The van der Waals surface area contributed by atoms with Gasteiger partial charge in [0.15, 0.2) is 0 Å². The Bertz CT molecular complexity index is 729. The molecule has 19 heavy (non-hydrogen) atoms. The van der Waals surface area contributed by atoms with Gasteiger partial charge in [0.25, 0.3) is 5.56 Å². The number of hydrogen-bond acceptors (Lipinski definition) is 4. The molecule has 6 heteroatoms. The van der Waals surface area contributed by atoms with E-state index in [2.05, 4.69) is 4.98 Å². The first-order valence-electron chi connectivity index (χ1n) is 6.11. The molecule has 0 bridgehead atoms.